The van der Waals surface area contributed by atoms with Crippen LogP contribution in [-0.2, 0) is 19.0 Å². The Kier molecular flexibility index (Phi) is 6.36. The van der Waals surface area contributed by atoms with Crippen molar-refractivity contribution in [1.29, 1.82) is 0 Å². The number of hydrogen-bond acceptors (Lipinski definition) is 9. The monoisotopic (exact) mass is 498 g/mol. The molecule has 0 aliphatic heterocycles. The van der Waals surface area contributed by atoms with E-state index in [0.717, 1.165) is 11.3 Å². The van der Waals surface area contributed by atoms with Crippen LogP contribution in [0.1, 0.15) is 47.4 Å². The van der Waals surface area contributed by atoms with Gasteiger partial charge in [-0.1, -0.05) is 30.3 Å². The van der Waals surface area contributed by atoms with Crippen molar-refractivity contribution in [2.45, 2.75) is 31.8 Å². The molecule has 11 nitrogen and oxygen atoms in total. The number of hydrogen-bond donors (Lipinski definition) is 2. The first-order valence-electron chi connectivity index (χ1n) is 11.7. The number of amides is 1. The Morgan fingerprint density at radius 2 is 1.89 bits per heavy atom. The topological polar surface area (TPSA) is 151 Å². The maximum absolute atomic E-state index is 13.2. The van der Waals surface area contributed by atoms with Crippen LogP contribution in [0.2, 0.25) is 0 Å². The fourth-order valence-electron chi connectivity index (χ4n) is 3.90. The third kappa shape index (κ3) is 5.31. The maximum Gasteiger partial charge on any atom is 0.266 e. The number of aromatic nitrogens is 6. The Balaban J connectivity index is 1.46. The Morgan fingerprint density at radius 3 is 2.57 bits per heavy atom. The standard InChI is InChI=1S/C26H26N8O3/c1-16(19-9-11-34(3)33-19)29-22(35)18-13-20(23-28-10-12-36-23)30-21(14-18)24-31-32-25(37-24)26(2,27)15-17-7-5-4-6-8-17/h4-14,16H,15,27H2,1-3H3,(H,29,35). The number of pyridine rings is 1. The lowest BCUT2D eigenvalue weighted by atomic mass is 9.94. The van der Waals surface area contributed by atoms with Gasteiger partial charge in [-0.2, -0.15) is 5.10 Å². The lowest BCUT2D eigenvalue weighted by Gasteiger charge is -2.20. The molecule has 0 bridgehead atoms. The molecule has 4 heterocycles. The molecule has 2 atom stereocenters. The molecule has 11 heteroatoms. The Hall–Kier alpha value is -4.64. The summed E-state index contributed by atoms with van der Waals surface area (Å²) in [7, 11) is 1.82. The first kappa shape index (κ1) is 24.1. The van der Waals surface area contributed by atoms with Gasteiger partial charge in [-0.15, -0.1) is 10.2 Å². The average molecular weight is 499 g/mol. The highest BCUT2D eigenvalue weighted by molar-refractivity contribution is 5.96. The molecule has 1 amide bonds. The van der Waals surface area contributed by atoms with Crippen LogP contribution in [-0.4, -0.2) is 35.9 Å². The highest BCUT2D eigenvalue weighted by atomic mass is 16.4. The van der Waals surface area contributed by atoms with Crippen LogP contribution in [0.4, 0.5) is 0 Å². The molecule has 0 saturated heterocycles. The zero-order chi connectivity index (χ0) is 26.0. The first-order valence-corrected chi connectivity index (χ1v) is 11.7. The minimum absolute atomic E-state index is 0.125. The third-order valence-corrected chi connectivity index (χ3v) is 5.81. The summed E-state index contributed by atoms with van der Waals surface area (Å²) in [6.07, 6.45) is 5.25. The Morgan fingerprint density at radius 1 is 1.14 bits per heavy atom. The van der Waals surface area contributed by atoms with Gasteiger partial charge in [0.05, 0.1) is 23.5 Å². The molecule has 5 rings (SSSR count). The molecular formula is C26H26N8O3. The molecule has 5 aromatic rings. The summed E-state index contributed by atoms with van der Waals surface area (Å²) in [6, 6.07) is 14.5. The van der Waals surface area contributed by atoms with Gasteiger partial charge in [0, 0.05) is 18.8 Å². The van der Waals surface area contributed by atoms with Gasteiger partial charge < -0.3 is 19.9 Å². The number of nitrogens with two attached hydrogens (primary N) is 1. The summed E-state index contributed by atoms with van der Waals surface area (Å²) in [5.41, 5.74) is 8.37. The van der Waals surface area contributed by atoms with Crippen molar-refractivity contribution in [1.82, 2.24) is 35.3 Å². The molecular weight excluding hydrogens is 472 g/mol. The summed E-state index contributed by atoms with van der Waals surface area (Å²) in [5, 5.41) is 15.7. The van der Waals surface area contributed by atoms with Gasteiger partial charge in [0.15, 0.2) is 0 Å². The van der Waals surface area contributed by atoms with Crippen LogP contribution in [0.25, 0.3) is 23.2 Å². The van der Waals surface area contributed by atoms with Gasteiger partial charge >= 0.3 is 0 Å². The number of nitrogens with one attached hydrogen (secondary N) is 1. The summed E-state index contributed by atoms with van der Waals surface area (Å²) in [6.45, 7) is 3.68. The molecule has 4 aromatic heterocycles. The molecule has 0 aliphatic rings. The van der Waals surface area contributed by atoms with Gasteiger partial charge in [0.1, 0.15) is 17.7 Å². The SMILES string of the molecule is CC(NC(=O)c1cc(-c2ncco2)nc(-c2nnc(C(C)(N)Cc3ccccc3)o2)c1)c1ccn(C)n1. The van der Waals surface area contributed by atoms with E-state index >= 15 is 0 Å². The second-order valence-corrected chi connectivity index (χ2v) is 9.07. The van der Waals surface area contributed by atoms with Gasteiger partial charge in [-0.05, 0) is 44.0 Å². The van der Waals surface area contributed by atoms with Crippen molar-refractivity contribution in [2.75, 3.05) is 0 Å². The predicted molar refractivity (Wildman–Crippen MR) is 134 cm³/mol. The van der Waals surface area contributed by atoms with E-state index in [4.69, 9.17) is 14.6 Å². The van der Waals surface area contributed by atoms with Crippen molar-refractivity contribution in [3.8, 4) is 23.2 Å². The summed E-state index contributed by atoms with van der Waals surface area (Å²) in [4.78, 5) is 21.9. The van der Waals surface area contributed by atoms with Gasteiger partial charge in [0.25, 0.3) is 11.8 Å². The fourth-order valence-corrected chi connectivity index (χ4v) is 3.90. The molecule has 1 aromatic carbocycles. The fraction of sp³-hybridized carbons (Fsp3) is 0.231. The molecule has 0 fully saturated rings. The van der Waals surface area contributed by atoms with Crippen molar-refractivity contribution in [3.63, 3.8) is 0 Å². The summed E-state index contributed by atoms with van der Waals surface area (Å²) < 4.78 is 13.1. The largest absolute Gasteiger partial charge is 0.443 e. The van der Waals surface area contributed by atoms with E-state index < -0.39 is 5.54 Å². The van der Waals surface area contributed by atoms with E-state index in [0.29, 0.717) is 23.4 Å². The molecule has 3 N–H and O–H groups in total. The molecule has 2 unspecified atom stereocenters. The van der Waals surface area contributed by atoms with E-state index in [9.17, 15) is 4.79 Å². The highest BCUT2D eigenvalue weighted by Crippen LogP contribution is 2.27. The van der Waals surface area contributed by atoms with Crippen LogP contribution < -0.4 is 11.1 Å². The molecule has 37 heavy (non-hydrogen) atoms. The van der Waals surface area contributed by atoms with Crippen LogP contribution in [0.5, 0.6) is 0 Å². The van der Waals surface area contributed by atoms with E-state index in [-0.39, 0.29) is 29.6 Å². The number of benzene rings is 1. The second-order valence-electron chi connectivity index (χ2n) is 9.07. The zero-order valence-electron chi connectivity index (χ0n) is 20.6. The third-order valence-electron chi connectivity index (χ3n) is 5.81. The Labute approximate surface area is 212 Å². The zero-order valence-corrected chi connectivity index (χ0v) is 20.6. The van der Waals surface area contributed by atoms with E-state index in [1.807, 2.05) is 63.5 Å². The molecule has 0 saturated carbocycles. The lowest BCUT2D eigenvalue weighted by Crippen LogP contribution is -2.35. The van der Waals surface area contributed by atoms with Crippen LogP contribution >= 0.6 is 0 Å². The van der Waals surface area contributed by atoms with Crippen molar-refractivity contribution in [2.24, 2.45) is 12.8 Å². The number of carbonyl (C=O) groups is 1. The number of nitrogens with zero attached hydrogens (tertiary/aromatic N) is 6. The number of rotatable bonds is 8. The van der Waals surface area contributed by atoms with E-state index in [1.54, 1.807) is 16.8 Å². The average Bonchev–Trinajstić information content (AvgIpc) is 3.66. The first-order chi connectivity index (χ1) is 17.8. The van der Waals surface area contributed by atoms with Crippen LogP contribution in [0.3, 0.4) is 0 Å². The van der Waals surface area contributed by atoms with Gasteiger partial charge in [0.2, 0.25) is 11.8 Å². The highest BCUT2D eigenvalue weighted by Gasteiger charge is 2.29. The maximum atomic E-state index is 13.2. The molecule has 188 valence electrons. The normalized spacial score (nSPS) is 13.7. The minimum atomic E-state index is -0.912. The van der Waals surface area contributed by atoms with Crippen molar-refractivity contribution >= 4 is 5.91 Å². The number of carbonyl (C=O) groups excluding carboxylic acids is 1. The van der Waals surface area contributed by atoms with Gasteiger partial charge in [-0.3, -0.25) is 9.48 Å². The molecule has 0 aliphatic carbocycles. The van der Waals surface area contributed by atoms with Crippen molar-refractivity contribution in [3.05, 3.63) is 89.9 Å². The molecule has 0 radical (unpaired) electrons. The summed E-state index contributed by atoms with van der Waals surface area (Å²) >= 11 is 0. The van der Waals surface area contributed by atoms with Crippen molar-refractivity contribution < 1.29 is 13.6 Å². The second kappa shape index (κ2) is 9.78. The Bertz CT molecular complexity index is 1510. The minimum Gasteiger partial charge on any atom is -0.443 e. The number of aryl methyl sites for hydroxylation is 1. The van der Waals surface area contributed by atoms with E-state index in [2.05, 4.69) is 30.6 Å². The molecule has 0 spiro atoms. The van der Waals surface area contributed by atoms with E-state index in [1.165, 1.54) is 12.5 Å². The summed E-state index contributed by atoms with van der Waals surface area (Å²) in [5.74, 6) is 0.299. The van der Waals surface area contributed by atoms with Crippen LogP contribution in [0, 0.1) is 0 Å². The lowest BCUT2D eigenvalue weighted by molar-refractivity contribution is 0.0939. The van der Waals surface area contributed by atoms with Crippen LogP contribution in [0.15, 0.2) is 76.0 Å². The number of oxazole rings is 1. The van der Waals surface area contributed by atoms with Gasteiger partial charge in [-0.25, -0.2) is 9.97 Å². The quantitative estimate of drug-likeness (QED) is 0.328. The predicted octanol–water partition coefficient (Wildman–Crippen LogP) is 3.43. The smallest absolute Gasteiger partial charge is 0.266 e.